The van der Waals surface area contributed by atoms with E-state index in [9.17, 15) is 9.59 Å². The summed E-state index contributed by atoms with van der Waals surface area (Å²) in [6.45, 7) is 10.0. The second-order valence-electron chi connectivity index (χ2n) is 6.81. The van der Waals surface area contributed by atoms with Crippen LogP contribution < -0.4 is 0 Å². The standard InChI is InChI=1S/C11H20O2.C9H12O3/c1-3-5-6-7-9-10(8-4-2)11(12)13;1-6(2)8(10)12-9(3-4-9)7-5-11-7/h8H,3-7,9H2,1-2H3,(H,12,13);7H,1,3-5H2,2H3. The number of aliphatic carboxylic acids is 1. The van der Waals surface area contributed by atoms with Crippen molar-refractivity contribution in [2.75, 3.05) is 6.61 Å². The number of unbranched alkanes of at least 4 members (excludes halogenated alkanes) is 3. The molecule has 142 valence electrons. The van der Waals surface area contributed by atoms with E-state index in [2.05, 4.69) is 13.5 Å². The van der Waals surface area contributed by atoms with Crippen LogP contribution in [-0.2, 0) is 19.1 Å². The summed E-state index contributed by atoms with van der Waals surface area (Å²) in [4.78, 5) is 21.8. The van der Waals surface area contributed by atoms with Gasteiger partial charge in [-0.3, -0.25) is 0 Å². The van der Waals surface area contributed by atoms with Crippen molar-refractivity contribution in [2.45, 2.75) is 83.8 Å². The molecule has 25 heavy (non-hydrogen) atoms. The van der Waals surface area contributed by atoms with Crippen molar-refractivity contribution in [2.24, 2.45) is 0 Å². The van der Waals surface area contributed by atoms with Gasteiger partial charge in [0.2, 0.25) is 0 Å². The number of ether oxygens (including phenoxy) is 2. The summed E-state index contributed by atoms with van der Waals surface area (Å²) in [5, 5.41) is 8.79. The first-order valence-corrected chi connectivity index (χ1v) is 9.29. The fourth-order valence-corrected chi connectivity index (χ4v) is 2.52. The molecule has 2 rings (SSSR count). The topological polar surface area (TPSA) is 76.1 Å². The molecule has 0 aromatic heterocycles. The van der Waals surface area contributed by atoms with E-state index in [1.54, 1.807) is 6.92 Å². The lowest BCUT2D eigenvalue weighted by Crippen LogP contribution is -2.25. The molecule has 1 atom stereocenters. The number of carbonyl (C=O) groups excluding carboxylic acids is 1. The predicted octanol–water partition coefficient (Wildman–Crippen LogP) is 4.41. The van der Waals surface area contributed by atoms with Gasteiger partial charge in [0, 0.05) is 11.1 Å². The number of rotatable bonds is 10. The summed E-state index contributed by atoms with van der Waals surface area (Å²) in [5.41, 5.74) is 0.774. The molecule has 1 N–H and O–H groups in total. The highest BCUT2D eigenvalue weighted by Gasteiger charge is 2.59. The normalized spacial score (nSPS) is 20.1. The van der Waals surface area contributed by atoms with E-state index in [0.29, 0.717) is 11.1 Å². The summed E-state index contributed by atoms with van der Waals surface area (Å²) in [7, 11) is 0. The van der Waals surface area contributed by atoms with Crippen molar-refractivity contribution < 1.29 is 24.2 Å². The molecule has 0 bridgehead atoms. The molecule has 1 aliphatic heterocycles. The summed E-state index contributed by atoms with van der Waals surface area (Å²) >= 11 is 0. The van der Waals surface area contributed by atoms with Gasteiger partial charge in [-0.1, -0.05) is 45.8 Å². The maximum absolute atomic E-state index is 11.2. The minimum absolute atomic E-state index is 0.167. The van der Waals surface area contributed by atoms with Gasteiger partial charge in [-0.05, 0) is 39.0 Å². The van der Waals surface area contributed by atoms with Crippen LogP contribution in [0.2, 0.25) is 0 Å². The van der Waals surface area contributed by atoms with E-state index in [0.717, 1.165) is 45.1 Å². The number of epoxide rings is 1. The van der Waals surface area contributed by atoms with E-state index < -0.39 is 5.97 Å². The van der Waals surface area contributed by atoms with Crippen LogP contribution in [-0.4, -0.2) is 35.4 Å². The molecule has 1 aliphatic carbocycles. The maximum atomic E-state index is 11.2. The molecule has 1 unspecified atom stereocenters. The van der Waals surface area contributed by atoms with Crippen LogP contribution in [0.5, 0.6) is 0 Å². The Bertz CT molecular complexity index is 498. The second-order valence-corrected chi connectivity index (χ2v) is 6.81. The average molecular weight is 352 g/mol. The van der Waals surface area contributed by atoms with E-state index in [1.165, 1.54) is 12.8 Å². The molecule has 5 nitrogen and oxygen atoms in total. The molecule has 0 spiro atoms. The summed E-state index contributed by atoms with van der Waals surface area (Å²) in [6, 6.07) is 0. The van der Waals surface area contributed by atoms with Gasteiger partial charge < -0.3 is 14.6 Å². The largest absolute Gasteiger partial charge is 0.478 e. The maximum Gasteiger partial charge on any atom is 0.333 e. The number of carboxylic acids is 1. The number of carboxylic acid groups (broad SMARTS) is 1. The molecular weight excluding hydrogens is 320 g/mol. The number of hydrogen-bond donors (Lipinski definition) is 1. The summed E-state index contributed by atoms with van der Waals surface area (Å²) in [5.74, 6) is -1.04. The van der Waals surface area contributed by atoms with Crippen LogP contribution in [0.15, 0.2) is 23.8 Å². The lowest BCUT2D eigenvalue weighted by Gasteiger charge is -2.13. The highest BCUT2D eigenvalue weighted by molar-refractivity contribution is 5.87. The minimum Gasteiger partial charge on any atom is -0.478 e. The zero-order valence-corrected chi connectivity index (χ0v) is 15.8. The second kappa shape index (κ2) is 10.4. The SMILES string of the molecule is C=C(C)C(=O)OC1(C2CO2)CC1.CCC=C(CCCCCC)C(=O)O. The smallest absolute Gasteiger partial charge is 0.333 e. The van der Waals surface area contributed by atoms with Gasteiger partial charge in [0.05, 0.1) is 6.61 Å². The van der Waals surface area contributed by atoms with Gasteiger partial charge in [0.1, 0.15) is 11.7 Å². The third-order valence-corrected chi connectivity index (χ3v) is 4.33. The minimum atomic E-state index is -0.752. The zero-order valence-electron chi connectivity index (χ0n) is 15.8. The Morgan fingerprint density at radius 1 is 1.28 bits per heavy atom. The van der Waals surface area contributed by atoms with Crippen LogP contribution in [0.4, 0.5) is 0 Å². The van der Waals surface area contributed by atoms with Gasteiger partial charge in [0.25, 0.3) is 0 Å². The Kier molecular flexibility index (Phi) is 8.90. The Morgan fingerprint density at radius 3 is 2.32 bits per heavy atom. The molecular formula is C20H32O5. The fraction of sp³-hybridized carbons (Fsp3) is 0.700. The van der Waals surface area contributed by atoms with Crippen molar-refractivity contribution in [3.8, 4) is 0 Å². The van der Waals surface area contributed by atoms with E-state index >= 15 is 0 Å². The Hall–Kier alpha value is -1.62. The molecule has 1 saturated carbocycles. The number of carbonyl (C=O) groups is 2. The van der Waals surface area contributed by atoms with Crippen LogP contribution in [0.3, 0.4) is 0 Å². The first-order valence-electron chi connectivity index (χ1n) is 9.29. The first kappa shape index (κ1) is 21.4. The van der Waals surface area contributed by atoms with Crippen molar-refractivity contribution in [3.63, 3.8) is 0 Å². The van der Waals surface area contributed by atoms with Crippen molar-refractivity contribution in [1.82, 2.24) is 0 Å². The van der Waals surface area contributed by atoms with Crippen molar-refractivity contribution in [3.05, 3.63) is 23.8 Å². The highest BCUT2D eigenvalue weighted by atomic mass is 16.6. The quantitative estimate of drug-likeness (QED) is 0.273. The molecule has 5 heteroatoms. The van der Waals surface area contributed by atoms with Gasteiger partial charge >= 0.3 is 11.9 Å². The zero-order chi connectivity index (χ0) is 18.9. The van der Waals surface area contributed by atoms with E-state index in [4.69, 9.17) is 14.6 Å². The highest BCUT2D eigenvalue weighted by Crippen LogP contribution is 2.48. The Balaban J connectivity index is 0.000000250. The molecule has 1 saturated heterocycles. The van der Waals surface area contributed by atoms with Crippen molar-refractivity contribution in [1.29, 1.82) is 0 Å². The van der Waals surface area contributed by atoms with Gasteiger partial charge in [-0.25, -0.2) is 9.59 Å². The predicted molar refractivity (Wildman–Crippen MR) is 97.4 cm³/mol. The van der Waals surface area contributed by atoms with Crippen LogP contribution in [0.1, 0.15) is 72.1 Å². The molecule has 0 aromatic carbocycles. The van der Waals surface area contributed by atoms with Crippen LogP contribution in [0.25, 0.3) is 0 Å². The Morgan fingerprint density at radius 2 is 1.92 bits per heavy atom. The van der Waals surface area contributed by atoms with E-state index in [1.807, 2.05) is 13.0 Å². The average Bonchev–Trinajstić information content (AvgIpc) is 3.44. The lowest BCUT2D eigenvalue weighted by molar-refractivity contribution is -0.147. The van der Waals surface area contributed by atoms with Gasteiger partial charge in [-0.15, -0.1) is 0 Å². The molecule has 2 fully saturated rings. The monoisotopic (exact) mass is 352 g/mol. The van der Waals surface area contributed by atoms with Crippen molar-refractivity contribution >= 4 is 11.9 Å². The summed E-state index contributed by atoms with van der Waals surface area (Å²) in [6.07, 6.45) is 9.96. The molecule has 2 aliphatic rings. The molecule has 0 amide bonds. The van der Waals surface area contributed by atoms with Gasteiger partial charge in [0.15, 0.2) is 0 Å². The third-order valence-electron chi connectivity index (χ3n) is 4.33. The van der Waals surface area contributed by atoms with Crippen LogP contribution in [0, 0.1) is 0 Å². The van der Waals surface area contributed by atoms with E-state index in [-0.39, 0.29) is 17.7 Å². The third kappa shape index (κ3) is 7.86. The van der Waals surface area contributed by atoms with Crippen LogP contribution >= 0.6 is 0 Å². The summed E-state index contributed by atoms with van der Waals surface area (Å²) < 4.78 is 10.4. The van der Waals surface area contributed by atoms with Gasteiger partial charge in [-0.2, -0.15) is 0 Å². The Labute approximate surface area is 151 Å². The molecule has 0 aromatic rings. The lowest BCUT2D eigenvalue weighted by atomic mass is 10.1. The first-order chi connectivity index (χ1) is 11.9. The number of hydrogen-bond acceptors (Lipinski definition) is 4. The molecule has 0 radical (unpaired) electrons. The molecule has 1 heterocycles. The number of allylic oxidation sites excluding steroid dienone is 1. The fourth-order valence-electron chi connectivity index (χ4n) is 2.52. The number of esters is 1.